The van der Waals surface area contributed by atoms with Gasteiger partial charge in [-0.1, -0.05) is 0 Å². The SMILES string of the molecule is [O]=[AlH].[O]=[Cr].[O]=[Rh]. The minimum atomic E-state index is 0.611. The van der Waals surface area contributed by atoms with Crippen LogP contribution in [0.2, 0.25) is 0 Å². The van der Waals surface area contributed by atoms with Crippen molar-refractivity contribution in [1.82, 2.24) is 0 Å². The molecule has 6 heavy (non-hydrogen) atoms. The van der Waals surface area contributed by atoms with Gasteiger partial charge < -0.3 is 0 Å². The van der Waals surface area contributed by atoms with Crippen molar-refractivity contribution >= 4 is 16.2 Å². The molecule has 0 heterocycles. The van der Waals surface area contributed by atoms with Crippen molar-refractivity contribution in [2.45, 2.75) is 0 Å². The van der Waals surface area contributed by atoms with E-state index in [2.05, 4.69) is 0 Å². The van der Waals surface area contributed by atoms with Gasteiger partial charge in [0.15, 0.2) is 0 Å². The van der Waals surface area contributed by atoms with Crippen molar-refractivity contribution in [1.29, 1.82) is 0 Å². The molecule has 0 aromatic heterocycles. The summed E-state index contributed by atoms with van der Waals surface area (Å²) in [6.07, 6.45) is 0. The van der Waals surface area contributed by atoms with Crippen LogP contribution in [0.3, 0.4) is 0 Å². The van der Waals surface area contributed by atoms with Crippen molar-refractivity contribution in [3.8, 4) is 0 Å². The predicted octanol–water partition coefficient (Wildman–Crippen LogP) is -1.01. The van der Waals surface area contributed by atoms with Gasteiger partial charge in [0.25, 0.3) is 0 Å². The van der Waals surface area contributed by atoms with Gasteiger partial charge in [-0.15, -0.1) is 0 Å². The monoisotopic (exact) mass is 231 g/mol. The maximum absolute atomic E-state index is 8.28. The minimum absolute atomic E-state index is 0.611. The zero-order chi connectivity index (χ0) is 6.00. The summed E-state index contributed by atoms with van der Waals surface area (Å²) in [6, 6.07) is 0. The van der Waals surface area contributed by atoms with Gasteiger partial charge in [-0.3, -0.25) is 0 Å². The molecule has 6 heteroatoms. The Labute approximate surface area is 61.7 Å². The van der Waals surface area contributed by atoms with Gasteiger partial charge in [-0.2, -0.15) is 0 Å². The topological polar surface area (TPSA) is 51.2 Å². The van der Waals surface area contributed by atoms with Crippen LogP contribution in [0.4, 0.5) is 0 Å². The first kappa shape index (κ1) is 15.7. The van der Waals surface area contributed by atoms with E-state index in [0.717, 1.165) is 0 Å². The third-order valence-corrected chi connectivity index (χ3v) is 0. The molecule has 0 fully saturated rings. The molecule has 3 nitrogen and oxygen atoms in total. The Hall–Kier alpha value is 1.09. The van der Waals surface area contributed by atoms with E-state index in [4.69, 9.17) is 11.2 Å². The van der Waals surface area contributed by atoms with Crippen LogP contribution in [0, 0.1) is 0 Å². The third-order valence-electron chi connectivity index (χ3n) is 0. The van der Waals surface area contributed by atoms with E-state index in [9.17, 15) is 0 Å². The van der Waals surface area contributed by atoms with Crippen molar-refractivity contribution < 1.29 is 45.7 Å². The maximum atomic E-state index is 8.28. The number of hydrogen-bond acceptors (Lipinski definition) is 3. The van der Waals surface area contributed by atoms with Crippen molar-refractivity contribution in [2.24, 2.45) is 0 Å². The van der Waals surface area contributed by atoms with Crippen molar-refractivity contribution in [3.63, 3.8) is 0 Å². The first-order valence-corrected chi connectivity index (χ1v) is 2.36. The Morgan fingerprint density at radius 3 is 1.17 bits per heavy atom. The van der Waals surface area contributed by atoms with Crippen molar-refractivity contribution in [3.05, 3.63) is 0 Å². The van der Waals surface area contributed by atoms with Crippen LogP contribution in [-0.4, -0.2) is 16.2 Å². The normalized spacial score (nSPS) is 2.00. The summed E-state index contributed by atoms with van der Waals surface area (Å²) in [5, 5.41) is 0. The molecule has 0 saturated heterocycles. The summed E-state index contributed by atoms with van der Waals surface area (Å²) < 4.78 is 24.5. The molecule has 37 valence electrons. The number of hydrogen-bond donors (Lipinski definition) is 0. The van der Waals surface area contributed by atoms with E-state index in [0.29, 0.717) is 16.2 Å². The molecule has 0 unspecified atom stereocenters. The van der Waals surface area contributed by atoms with Gasteiger partial charge in [0.2, 0.25) is 0 Å². The Morgan fingerprint density at radius 1 is 1.17 bits per heavy atom. The average Bonchev–Trinajstić information content (AvgIpc) is 1.81. The van der Waals surface area contributed by atoms with Crippen LogP contribution < -0.4 is 0 Å². The average molecular weight is 231 g/mol. The van der Waals surface area contributed by atoms with Gasteiger partial charge in [0.1, 0.15) is 0 Å². The molecular formula is HAlCrO3Rh. The Kier molecular flexibility index (Phi) is 349. The molecule has 0 aromatic carbocycles. The first-order valence-electron chi connectivity index (χ1n) is 0.591. The Bertz CT molecular complexity index is 15.5. The van der Waals surface area contributed by atoms with Crippen LogP contribution in [0.25, 0.3) is 0 Å². The second-order valence-corrected chi connectivity index (χ2v) is 0. The van der Waals surface area contributed by atoms with Crippen LogP contribution in [0.1, 0.15) is 0 Å². The Morgan fingerprint density at radius 2 is 1.17 bits per heavy atom. The van der Waals surface area contributed by atoms with E-state index in [1.54, 1.807) is 0 Å². The quantitative estimate of drug-likeness (QED) is 0.502. The fourth-order valence-electron chi connectivity index (χ4n) is 0. The fraction of sp³-hybridized carbons (Fsp3) is 0. The van der Waals surface area contributed by atoms with E-state index in [1.165, 1.54) is 34.5 Å². The molecule has 0 N–H and O–H groups in total. The molecule has 0 aliphatic rings. The third kappa shape index (κ3) is 71.8. The molecule has 0 aliphatic heterocycles. The van der Waals surface area contributed by atoms with Crippen LogP contribution >= 0.6 is 0 Å². The van der Waals surface area contributed by atoms with Crippen molar-refractivity contribution in [2.75, 3.05) is 0 Å². The summed E-state index contributed by atoms with van der Waals surface area (Å²) in [5.41, 5.74) is 0. The fourth-order valence-corrected chi connectivity index (χ4v) is 0. The first-order chi connectivity index (χ1) is 3.00. The molecular weight excluding hydrogens is 230 g/mol. The zero-order valence-electron chi connectivity index (χ0n) is 2.67. The molecule has 0 atom stereocenters. The van der Waals surface area contributed by atoms with Gasteiger partial charge in [0.05, 0.1) is 0 Å². The second kappa shape index (κ2) is 133. The Balaban J connectivity index is -0.0000000225. The molecule has 0 aliphatic carbocycles. The van der Waals surface area contributed by atoms with E-state index < -0.39 is 0 Å². The second-order valence-electron chi connectivity index (χ2n) is 0. The van der Waals surface area contributed by atoms with E-state index in [-0.39, 0.29) is 0 Å². The van der Waals surface area contributed by atoms with Crippen LogP contribution in [0.15, 0.2) is 0 Å². The molecule has 0 saturated carbocycles. The molecule has 0 radical (unpaired) electrons. The summed E-state index contributed by atoms with van der Waals surface area (Å²) in [4.78, 5) is 0. The summed E-state index contributed by atoms with van der Waals surface area (Å²) >= 11 is 3.29. The van der Waals surface area contributed by atoms with E-state index >= 15 is 0 Å². The summed E-state index contributed by atoms with van der Waals surface area (Å²) in [7, 11) is 0. The van der Waals surface area contributed by atoms with Crippen LogP contribution in [0.5, 0.6) is 0 Å². The molecule has 0 bridgehead atoms. The summed E-state index contributed by atoms with van der Waals surface area (Å²) in [5.74, 6) is 0. The van der Waals surface area contributed by atoms with Gasteiger partial charge >= 0.3 is 61.9 Å². The standard InChI is InChI=1S/Al.Cr.3O.Rh.H. The van der Waals surface area contributed by atoms with Gasteiger partial charge in [-0.05, 0) is 0 Å². The zero-order valence-corrected chi connectivity index (χ0v) is 7.00. The molecule has 0 amide bonds. The molecule has 0 aromatic rings. The number of rotatable bonds is 0. The van der Waals surface area contributed by atoms with Gasteiger partial charge in [-0.25, -0.2) is 0 Å². The molecule has 0 spiro atoms. The molecule has 0 rings (SSSR count). The summed E-state index contributed by atoms with van der Waals surface area (Å²) in [6.45, 7) is 0. The van der Waals surface area contributed by atoms with E-state index in [1.807, 2.05) is 0 Å². The predicted molar refractivity (Wildman–Crippen MR) is 9.21 cm³/mol. The van der Waals surface area contributed by atoms with Gasteiger partial charge in [0, 0.05) is 0 Å². The van der Waals surface area contributed by atoms with Crippen LogP contribution in [-0.2, 0) is 45.7 Å².